The first-order valence-corrected chi connectivity index (χ1v) is 19.4. The monoisotopic (exact) mass is 727 g/mol. The van der Waals surface area contributed by atoms with Crippen LogP contribution in [0.1, 0.15) is 0 Å². The van der Waals surface area contributed by atoms with Crippen LogP contribution in [-0.4, -0.2) is 14.1 Å². The van der Waals surface area contributed by atoms with E-state index in [1.165, 1.54) is 27.1 Å². The van der Waals surface area contributed by atoms with Crippen LogP contribution < -0.4 is 0 Å². The zero-order valence-electron chi connectivity index (χ0n) is 30.8. The van der Waals surface area contributed by atoms with Gasteiger partial charge in [-0.1, -0.05) is 127 Å². The second-order valence-corrected chi connectivity index (χ2v) is 14.7. The Labute approximate surface area is 328 Å². The number of hydrogen-bond donors (Lipinski definition) is 0. The number of aromatic nitrogens is 3. The molecule has 0 aliphatic heterocycles. The second kappa shape index (κ2) is 12.4. The number of furan rings is 1. The number of rotatable bonds is 5. The van der Waals surface area contributed by atoms with Crippen molar-refractivity contribution >= 4 is 65.6 Å². The molecule has 57 heavy (non-hydrogen) atoms. The standard InChI is InChI=1S/C53H33N3O/c1-3-15-34(16-4-1)46-24-14-25-47(54-46)43-32-44-38-20-8-10-26-48(38)55(35-17-5-2-6-18-35)50(44)33-42(43)41-23-13-22-40-37-19-7-11-27-49(37)56(53(40)41)36-29-30-52-45(31-36)39-21-9-12-28-51(39)57-52/h1-33H. The molecule has 266 valence electrons. The van der Waals surface area contributed by atoms with Crippen molar-refractivity contribution < 1.29 is 4.42 Å². The summed E-state index contributed by atoms with van der Waals surface area (Å²) in [5.41, 5.74) is 14.9. The minimum absolute atomic E-state index is 0.881. The summed E-state index contributed by atoms with van der Waals surface area (Å²) >= 11 is 0. The SMILES string of the molecule is c1ccc(-c2cccc(-c3cc4c5ccccc5n(-c5ccccc5)c4cc3-c3cccc4c5ccccc5n(-c5ccc6oc7ccccc7c6c5)c34)n2)cc1. The van der Waals surface area contributed by atoms with Crippen LogP contribution >= 0.6 is 0 Å². The topological polar surface area (TPSA) is 35.9 Å². The molecule has 4 aromatic heterocycles. The van der Waals surface area contributed by atoms with Crippen molar-refractivity contribution in [3.63, 3.8) is 0 Å². The molecule has 0 spiro atoms. The first-order valence-electron chi connectivity index (χ1n) is 19.4. The summed E-state index contributed by atoms with van der Waals surface area (Å²) in [7, 11) is 0. The van der Waals surface area contributed by atoms with E-state index in [1.807, 2.05) is 12.1 Å². The maximum Gasteiger partial charge on any atom is 0.135 e. The van der Waals surface area contributed by atoms with Crippen LogP contribution in [0.25, 0.3) is 111 Å². The van der Waals surface area contributed by atoms with Crippen LogP contribution in [0.4, 0.5) is 0 Å². The highest BCUT2D eigenvalue weighted by Gasteiger charge is 2.23. The molecule has 0 N–H and O–H groups in total. The average Bonchev–Trinajstić information content (AvgIpc) is 3.94. The van der Waals surface area contributed by atoms with Crippen LogP contribution in [-0.2, 0) is 0 Å². The lowest BCUT2D eigenvalue weighted by molar-refractivity contribution is 0.669. The minimum atomic E-state index is 0.881. The molecule has 0 atom stereocenters. The van der Waals surface area contributed by atoms with E-state index in [4.69, 9.17) is 9.40 Å². The third-order valence-electron chi connectivity index (χ3n) is 11.5. The molecule has 8 aromatic carbocycles. The van der Waals surface area contributed by atoms with E-state index >= 15 is 0 Å². The molecule has 4 heterocycles. The third-order valence-corrected chi connectivity index (χ3v) is 11.5. The molecule has 0 amide bonds. The van der Waals surface area contributed by atoms with Gasteiger partial charge in [-0.25, -0.2) is 4.98 Å². The summed E-state index contributed by atoms with van der Waals surface area (Å²) in [4.78, 5) is 5.39. The van der Waals surface area contributed by atoms with Crippen molar-refractivity contribution in [3.8, 4) is 45.0 Å². The van der Waals surface area contributed by atoms with Gasteiger partial charge in [0.15, 0.2) is 0 Å². The minimum Gasteiger partial charge on any atom is -0.456 e. The Bertz CT molecular complexity index is 3520. The fraction of sp³-hybridized carbons (Fsp3) is 0. The van der Waals surface area contributed by atoms with Gasteiger partial charge in [-0.15, -0.1) is 0 Å². The Hall–Kier alpha value is -7.69. The van der Waals surface area contributed by atoms with E-state index in [0.717, 1.165) is 83.5 Å². The van der Waals surface area contributed by atoms with Gasteiger partial charge in [0.1, 0.15) is 11.2 Å². The summed E-state index contributed by atoms with van der Waals surface area (Å²) in [6.07, 6.45) is 0. The Balaban J connectivity index is 1.21. The van der Waals surface area contributed by atoms with Gasteiger partial charge in [-0.05, 0) is 78.4 Å². The van der Waals surface area contributed by atoms with E-state index in [2.05, 4.69) is 197 Å². The first kappa shape index (κ1) is 31.6. The van der Waals surface area contributed by atoms with Crippen LogP contribution in [0.15, 0.2) is 205 Å². The van der Waals surface area contributed by atoms with Crippen molar-refractivity contribution in [1.29, 1.82) is 0 Å². The fourth-order valence-corrected chi connectivity index (χ4v) is 9.02. The van der Waals surface area contributed by atoms with Crippen LogP contribution in [0, 0.1) is 0 Å². The van der Waals surface area contributed by atoms with Crippen LogP contribution in [0.3, 0.4) is 0 Å². The Kier molecular flexibility index (Phi) is 6.89. The Morgan fingerprint density at radius 3 is 1.79 bits per heavy atom. The lowest BCUT2D eigenvalue weighted by Crippen LogP contribution is -1.98. The average molecular weight is 728 g/mol. The molecule has 0 fully saturated rings. The highest BCUT2D eigenvalue weighted by Crippen LogP contribution is 2.45. The van der Waals surface area contributed by atoms with Crippen molar-refractivity contribution in [2.45, 2.75) is 0 Å². The van der Waals surface area contributed by atoms with E-state index in [0.29, 0.717) is 0 Å². The summed E-state index contributed by atoms with van der Waals surface area (Å²) < 4.78 is 11.1. The molecule has 0 saturated carbocycles. The molecule has 0 saturated heterocycles. The van der Waals surface area contributed by atoms with E-state index in [1.54, 1.807) is 0 Å². The highest BCUT2D eigenvalue weighted by molar-refractivity contribution is 6.18. The molecule has 0 aliphatic carbocycles. The van der Waals surface area contributed by atoms with Crippen molar-refractivity contribution in [1.82, 2.24) is 14.1 Å². The predicted octanol–water partition coefficient (Wildman–Crippen LogP) is 14.2. The van der Waals surface area contributed by atoms with Crippen molar-refractivity contribution in [2.24, 2.45) is 0 Å². The third kappa shape index (κ3) is 4.84. The zero-order valence-corrected chi connectivity index (χ0v) is 30.8. The molecular weight excluding hydrogens is 695 g/mol. The number of benzene rings is 8. The maximum absolute atomic E-state index is 6.29. The molecule has 0 radical (unpaired) electrons. The lowest BCUT2D eigenvalue weighted by Gasteiger charge is -2.17. The Morgan fingerprint density at radius 1 is 0.333 bits per heavy atom. The summed E-state index contributed by atoms with van der Waals surface area (Å²) in [5, 5.41) is 7.00. The number of nitrogens with zero attached hydrogens (tertiary/aromatic N) is 3. The molecule has 0 unspecified atom stereocenters. The predicted molar refractivity (Wildman–Crippen MR) is 237 cm³/mol. The van der Waals surface area contributed by atoms with Gasteiger partial charge in [-0.2, -0.15) is 0 Å². The molecule has 12 aromatic rings. The van der Waals surface area contributed by atoms with Gasteiger partial charge < -0.3 is 13.6 Å². The van der Waals surface area contributed by atoms with Gasteiger partial charge in [0.25, 0.3) is 0 Å². The van der Waals surface area contributed by atoms with Crippen molar-refractivity contribution in [2.75, 3.05) is 0 Å². The Morgan fingerprint density at radius 2 is 0.965 bits per heavy atom. The smallest absolute Gasteiger partial charge is 0.135 e. The van der Waals surface area contributed by atoms with E-state index < -0.39 is 0 Å². The van der Waals surface area contributed by atoms with Gasteiger partial charge in [-0.3, -0.25) is 0 Å². The molecule has 0 bridgehead atoms. The summed E-state index contributed by atoms with van der Waals surface area (Å²) in [6, 6.07) is 71.4. The van der Waals surface area contributed by atoms with Gasteiger partial charge >= 0.3 is 0 Å². The number of para-hydroxylation sites is 5. The fourth-order valence-electron chi connectivity index (χ4n) is 9.02. The molecule has 4 heteroatoms. The summed E-state index contributed by atoms with van der Waals surface area (Å²) in [6.45, 7) is 0. The maximum atomic E-state index is 6.29. The number of hydrogen-bond acceptors (Lipinski definition) is 2. The zero-order chi connectivity index (χ0) is 37.5. The second-order valence-electron chi connectivity index (χ2n) is 14.7. The summed E-state index contributed by atoms with van der Waals surface area (Å²) in [5.74, 6) is 0. The normalized spacial score (nSPS) is 11.9. The largest absolute Gasteiger partial charge is 0.456 e. The van der Waals surface area contributed by atoms with Crippen LogP contribution in [0.5, 0.6) is 0 Å². The van der Waals surface area contributed by atoms with Gasteiger partial charge in [0.2, 0.25) is 0 Å². The van der Waals surface area contributed by atoms with Crippen molar-refractivity contribution in [3.05, 3.63) is 200 Å². The number of fused-ring (bicyclic) bond motifs is 9. The van der Waals surface area contributed by atoms with Gasteiger partial charge in [0, 0.05) is 60.4 Å². The van der Waals surface area contributed by atoms with E-state index in [9.17, 15) is 0 Å². The highest BCUT2D eigenvalue weighted by atomic mass is 16.3. The van der Waals surface area contributed by atoms with E-state index in [-0.39, 0.29) is 0 Å². The number of pyridine rings is 1. The quantitative estimate of drug-likeness (QED) is 0.177. The first-order chi connectivity index (χ1) is 28.3. The van der Waals surface area contributed by atoms with Crippen LogP contribution in [0.2, 0.25) is 0 Å². The lowest BCUT2D eigenvalue weighted by atomic mass is 9.93. The van der Waals surface area contributed by atoms with Gasteiger partial charge in [0.05, 0.1) is 33.5 Å². The molecular formula is C53H33N3O. The molecule has 4 nitrogen and oxygen atoms in total. The molecule has 12 rings (SSSR count). The molecule has 0 aliphatic rings.